The Morgan fingerprint density at radius 2 is 1.47 bits per heavy atom. The van der Waals surface area contributed by atoms with E-state index in [1.54, 1.807) is 31.4 Å². The summed E-state index contributed by atoms with van der Waals surface area (Å²) in [4.78, 5) is 21.6. The Balaban J connectivity index is 1.66. The van der Waals surface area contributed by atoms with Crippen LogP contribution in [0.4, 0.5) is 16.0 Å². The number of fused-ring (bicyclic) bond motifs is 1. The van der Waals surface area contributed by atoms with Gasteiger partial charge in [0, 0.05) is 5.56 Å². The lowest BCUT2D eigenvalue weighted by Crippen LogP contribution is -2.19. The molecule has 3 aromatic carbocycles. The van der Waals surface area contributed by atoms with Crippen LogP contribution in [0, 0.1) is 5.82 Å². The Morgan fingerprint density at radius 1 is 0.816 bits per heavy atom. The Labute approximate surface area is 217 Å². The molecule has 38 heavy (non-hydrogen) atoms. The molecule has 6 rings (SSSR count). The number of hydrogen-bond acceptors (Lipinski definition) is 5. The van der Waals surface area contributed by atoms with Crippen molar-refractivity contribution in [2.75, 3.05) is 12.4 Å². The highest BCUT2D eigenvalue weighted by atomic mass is 19.1. The van der Waals surface area contributed by atoms with Crippen molar-refractivity contribution in [3.63, 3.8) is 0 Å². The monoisotopic (exact) mass is 503 g/mol. The number of rotatable bonds is 6. The summed E-state index contributed by atoms with van der Waals surface area (Å²) in [5.74, 6) is 0.996. The van der Waals surface area contributed by atoms with Crippen molar-refractivity contribution in [3.05, 3.63) is 119 Å². The van der Waals surface area contributed by atoms with Crippen molar-refractivity contribution in [2.24, 2.45) is 0 Å². The van der Waals surface area contributed by atoms with E-state index in [9.17, 15) is 9.18 Å². The van der Waals surface area contributed by atoms with Gasteiger partial charge in [-0.1, -0.05) is 72.8 Å². The maximum absolute atomic E-state index is 14.1. The molecule has 0 aliphatic heterocycles. The van der Waals surface area contributed by atoms with E-state index < -0.39 is 5.82 Å². The molecule has 3 aromatic heterocycles. The molecular formula is C30H22FN5O2. The second-order valence-corrected chi connectivity index (χ2v) is 8.61. The minimum atomic E-state index is -0.454. The molecular weight excluding hydrogens is 481 g/mol. The fourth-order valence-corrected chi connectivity index (χ4v) is 4.45. The van der Waals surface area contributed by atoms with Gasteiger partial charge in [0.15, 0.2) is 0 Å². The van der Waals surface area contributed by atoms with Crippen molar-refractivity contribution in [1.82, 2.24) is 19.6 Å². The van der Waals surface area contributed by atoms with Crippen molar-refractivity contribution >= 4 is 17.3 Å². The Kier molecular flexibility index (Phi) is 5.89. The first kappa shape index (κ1) is 23.2. The number of nitrogens with zero attached hydrogens (tertiary/aromatic N) is 3. The summed E-state index contributed by atoms with van der Waals surface area (Å²) in [6.07, 6.45) is 1.12. The highest BCUT2D eigenvalue weighted by molar-refractivity contribution is 5.92. The van der Waals surface area contributed by atoms with Gasteiger partial charge in [-0.2, -0.15) is 9.61 Å². The molecule has 2 N–H and O–H groups in total. The number of methoxy groups -OCH3 is 1. The summed E-state index contributed by atoms with van der Waals surface area (Å²) in [5, 5.41) is 7.98. The van der Waals surface area contributed by atoms with E-state index in [0.29, 0.717) is 39.9 Å². The van der Waals surface area contributed by atoms with Crippen LogP contribution in [0.25, 0.3) is 39.2 Å². The number of nitrogens with one attached hydrogen (secondary N) is 2. The molecule has 0 unspecified atom stereocenters. The van der Waals surface area contributed by atoms with Gasteiger partial charge < -0.3 is 15.0 Å². The van der Waals surface area contributed by atoms with E-state index in [0.717, 1.165) is 22.9 Å². The standard InChI is InChI=1S/C30H22FN5O2/c1-38-23-15-12-20(13-16-23)26-28(33-24-17-14-22(31)18-32-24)34-29-25(19-8-4-2-5-9-19)27(35-36(29)30(26)37)21-10-6-3-7-11-21/h2-18,34H,1H3,(H,32,33). The fourth-order valence-electron chi connectivity index (χ4n) is 4.45. The van der Waals surface area contributed by atoms with Crippen molar-refractivity contribution in [2.45, 2.75) is 0 Å². The SMILES string of the molecule is COc1ccc(-c2c(Nc3ccc(F)cn3)[nH]c3c(-c4ccccc4)c(-c4ccccc4)nn3c2=O)cc1. The third kappa shape index (κ3) is 4.18. The summed E-state index contributed by atoms with van der Waals surface area (Å²) in [6.45, 7) is 0. The molecule has 3 heterocycles. The van der Waals surface area contributed by atoms with Gasteiger partial charge in [-0.25, -0.2) is 9.37 Å². The maximum Gasteiger partial charge on any atom is 0.284 e. The number of aromatic amines is 1. The molecule has 6 aromatic rings. The van der Waals surface area contributed by atoms with Gasteiger partial charge in [0.2, 0.25) is 0 Å². The topological polar surface area (TPSA) is 84.3 Å². The molecule has 0 aliphatic carbocycles. The summed E-state index contributed by atoms with van der Waals surface area (Å²) in [7, 11) is 1.58. The van der Waals surface area contributed by atoms with Crippen molar-refractivity contribution in [3.8, 4) is 39.3 Å². The van der Waals surface area contributed by atoms with Gasteiger partial charge in [-0.05, 0) is 35.4 Å². The Bertz CT molecular complexity index is 1780. The third-order valence-electron chi connectivity index (χ3n) is 6.25. The third-order valence-corrected chi connectivity index (χ3v) is 6.25. The van der Waals surface area contributed by atoms with Crippen LogP contribution in [0.3, 0.4) is 0 Å². The zero-order chi connectivity index (χ0) is 26.1. The quantitative estimate of drug-likeness (QED) is 0.278. The summed E-state index contributed by atoms with van der Waals surface area (Å²) >= 11 is 0. The molecule has 0 spiro atoms. The average Bonchev–Trinajstić information content (AvgIpc) is 3.35. The number of hydrogen-bond donors (Lipinski definition) is 2. The van der Waals surface area contributed by atoms with E-state index in [1.807, 2.05) is 60.7 Å². The first-order chi connectivity index (χ1) is 18.6. The molecule has 0 atom stereocenters. The minimum Gasteiger partial charge on any atom is -0.497 e. The minimum absolute atomic E-state index is 0.326. The zero-order valence-corrected chi connectivity index (χ0v) is 20.4. The summed E-state index contributed by atoms with van der Waals surface area (Å²) in [6, 6.07) is 29.5. The van der Waals surface area contributed by atoms with E-state index in [1.165, 1.54) is 16.6 Å². The van der Waals surface area contributed by atoms with E-state index in [2.05, 4.69) is 15.3 Å². The summed E-state index contributed by atoms with van der Waals surface area (Å²) < 4.78 is 20.2. The van der Waals surface area contributed by atoms with Crippen LogP contribution in [0.2, 0.25) is 0 Å². The van der Waals surface area contributed by atoms with Crippen LogP contribution in [0.1, 0.15) is 0 Å². The molecule has 0 bridgehead atoms. The normalized spacial score (nSPS) is 11.0. The Hall–Kier alpha value is -5.24. The van der Waals surface area contributed by atoms with Crippen LogP contribution in [0.15, 0.2) is 108 Å². The summed E-state index contributed by atoms with van der Waals surface area (Å²) in [5.41, 5.74) is 4.43. The predicted octanol–water partition coefficient (Wildman–Crippen LogP) is 6.31. The average molecular weight is 504 g/mol. The molecule has 7 nitrogen and oxygen atoms in total. The fraction of sp³-hybridized carbons (Fsp3) is 0.0333. The number of benzene rings is 3. The lowest BCUT2D eigenvalue weighted by Gasteiger charge is -2.13. The van der Waals surface area contributed by atoms with Crippen LogP contribution < -0.4 is 15.6 Å². The molecule has 0 saturated carbocycles. The van der Waals surface area contributed by atoms with E-state index in [4.69, 9.17) is 9.84 Å². The van der Waals surface area contributed by atoms with Crippen LogP contribution in [-0.2, 0) is 0 Å². The first-order valence-electron chi connectivity index (χ1n) is 12.0. The smallest absolute Gasteiger partial charge is 0.284 e. The number of anilines is 2. The molecule has 0 fully saturated rings. The maximum atomic E-state index is 14.1. The zero-order valence-electron chi connectivity index (χ0n) is 20.4. The lowest BCUT2D eigenvalue weighted by molar-refractivity contribution is 0.415. The molecule has 186 valence electrons. The largest absolute Gasteiger partial charge is 0.497 e. The van der Waals surface area contributed by atoms with Gasteiger partial charge in [0.1, 0.15) is 34.5 Å². The number of halogens is 1. The molecule has 0 aliphatic rings. The Morgan fingerprint density at radius 3 is 2.11 bits per heavy atom. The van der Waals surface area contributed by atoms with Gasteiger partial charge in [-0.3, -0.25) is 4.79 Å². The lowest BCUT2D eigenvalue weighted by atomic mass is 10.0. The molecule has 0 amide bonds. The highest BCUT2D eigenvalue weighted by Gasteiger charge is 2.23. The number of pyridine rings is 1. The highest BCUT2D eigenvalue weighted by Crippen LogP contribution is 2.36. The first-order valence-corrected chi connectivity index (χ1v) is 12.0. The molecule has 8 heteroatoms. The van der Waals surface area contributed by atoms with Crippen molar-refractivity contribution < 1.29 is 9.13 Å². The van der Waals surface area contributed by atoms with Gasteiger partial charge in [-0.15, -0.1) is 0 Å². The van der Waals surface area contributed by atoms with E-state index >= 15 is 0 Å². The number of ether oxygens (including phenoxy) is 1. The number of aromatic nitrogens is 4. The van der Waals surface area contributed by atoms with Gasteiger partial charge >= 0.3 is 0 Å². The van der Waals surface area contributed by atoms with Crippen LogP contribution in [-0.4, -0.2) is 26.7 Å². The van der Waals surface area contributed by atoms with Crippen molar-refractivity contribution in [1.29, 1.82) is 0 Å². The van der Waals surface area contributed by atoms with Gasteiger partial charge in [0.25, 0.3) is 5.56 Å². The van der Waals surface area contributed by atoms with Crippen LogP contribution in [0.5, 0.6) is 5.75 Å². The second-order valence-electron chi connectivity index (χ2n) is 8.61. The van der Waals surface area contributed by atoms with Crippen LogP contribution >= 0.6 is 0 Å². The van der Waals surface area contributed by atoms with Gasteiger partial charge in [0.05, 0.1) is 24.4 Å². The molecule has 0 radical (unpaired) electrons. The predicted molar refractivity (Wildman–Crippen MR) is 146 cm³/mol. The second kappa shape index (κ2) is 9.67. The van der Waals surface area contributed by atoms with E-state index in [-0.39, 0.29) is 5.56 Å². The molecule has 0 saturated heterocycles. The number of H-pyrrole nitrogens is 1.